The minimum Gasteiger partial charge on any atom is -0.312 e. The number of nitrogens with one attached hydrogen (secondary N) is 1. The monoisotopic (exact) mass is 240 g/mol. The van der Waals surface area contributed by atoms with Crippen LogP contribution in [-0.2, 0) is 0 Å². The SMILES string of the molecule is C=C(C)CN(C)CCCCCCNC(C)(C)C. The van der Waals surface area contributed by atoms with E-state index in [-0.39, 0.29) is 5.54 Å². The number of nitrogens with zero attached hydrogens (tertiary/aromatic N) is 1. The molecule has 0 atom stereocenters. The zero-order valence-electron chi connectivity index (χ0n) is 12.6. The first-order valence-corrected chi connectivity index (χ1v) is 6.89. The molecule has 0 aromatic carbocycles. The molecule has 0 aliphatic carbocycles. The van der Waals surface area contributed by atoms with Crippen molar-refractivity contribution in [1.29, 1.82) is 0 Å². The predicted octanol–water partition coefficient (Wildman–Crippen LogP) is 3.44. The van der Waals surface area contributed by atoms with Crippen molar-refractivity contribution in [3.8, 4) is 0 Å². The van der Waals surface area contributed by atoms with E-state index in [1.165, 1.54) is 37.8 Å². The molecule has 2 nitrogen and oxygen atoms in total. The molecule has 0 radical (unpaired) electrons. The lowest BCUT2D eigenvalue weighted by molar-refractivity contribution is 0.347. The molecule has 0 unspecified atom stereocenters. The van der Waals surface area contributed by atoms with Gasteiger partial charge < -0.3 is 10.2 Å². The van der Waals surface area contributed by atoms with Crippen molar-refractivity contribution in [3.63, 3.8) is 0 Å². The van der Waals surface area contributed by atoms with Crippen molar-refractivity contribution >= 4 is 0 Å². The standard InChI is InChI=1S/C15H32N2/c1-14(2)13-17(6)12-10-8-7-9-11-16-15(3,4)5/h16H,1,7-13H2,2-6H3. The average molecular weight is 240 g/mol. The van der Waals surface area contributed by atoms with Crippen molar-refractivity contribution < 1.29 is 0 Å². The van der Waals surface area contributed by atoms with Gasteiger partial charge in [0.05, 0.1) is 0 Å². The minimum absolute atomic E-state index is 0.266. The molecule has 0 saturated heterocycles. The first kappa shape index (κ1) is 16.7. The van der Waals surface area contributed by atoms with Crippen molar-refractivity contribution in [2.45, 2.75) is 58.9 Å². The lowest BCUT2D eigenvalue weighted by Gasteiger charge is -2.20. The Morgan fingerprint density at radius 2 is 1.71 bits per heavy atom. The highest BCUT2D eigenvalue weighted by molar-refractivity contribution is 4.90. The molecule has 0 aromatic heterocycles. The summed E-state index contributed by atoms with van der Waals surface area (Å²) < 4.78 is 0. The first-order valence-electron chi connectivity index (χ1n) is 6.89. The van der Waals surface area contributed by atoms with Crippen LogP contribution < -0.4 is 5.32 Å². The molecule has 0 fully saturated rings. The Morgan fingerprint density at radius 1 is 1.12 bits per heavy atom. The summed E-state index contributed by atoms with van der Waals surface area (Å²) >= 11 is 0. The molecule has 0 aromatic rings. The maximum absolute atomic E-state index is 3.94. The largest absolute Gasteiger partial charge is 0.312 e. The van der Waals surface area contributed by atoms with Crippen LogP contribution in [0.25, 0.3) is 0 Å². The fourth-order valence-electron chi connectivity index (χ4n) is 1.86. The zero-order valence-corrected chi connectivity index (χ0v) is 12.6. The van der Waals surface area contributed by atoms with E-state index in [4.69, 9.17) is 0 Å². The predicted molar refractivity (Wildman–Crippen MR) is 78.5 cm³/mol. The first-order chi connectivity index (χ1) is 7.81. The Balaban J connectivity index is 3.27. The van der Waals surface area contributed by atoms with Gasteiger partial charge in [-0.25, -0.2) is 0 Å². The van der Waals surface area contributed by atoms with E-state index < -0.39 is 0 Å². The molecule has 0 bridgehead atoms. The van der Waals surface area contributed by atoms with E-state index >= 15 is 0 Å². The molecular weight excluding hydrogens is 208 g/mol. The van der Waals surface area contributed by atoms with Gasteiger partial charge in [-0.3, -0.25) is 0 Å². The Morgan fingerprint density at radius 3 is 2.24 bits per heavy atom. The Hall–Kier alpha value is -0.340. The molecule has 2 heteroatoms. The number of likely N-dealkylation sites (N-methyl/N-ethyl adjacent to an activating group) is 1. The summed E-state index contributed by atoms with van der Waals surface area (Å²) in [5.74, 6) is 0. The van der Waals surface area contributed by atoms with E-state index in [0.29, 0.717) is 0 Å². The summed E-state index contributed by atoms with van der Waals surface area (Å²) in [6.45, 7) is 16.1. The number of hydrogen-bond acceptors (Lipinski definition) is 2. The minimum atomic E-state index is 0.266. The molecule has 0 spiro atoms. The van der Waals surface area contributed by atoms with Crippen LogP contribution in [0.2, 0.25) is 0 Å². The Labute approximate surface area is 108 Å². The van der Waals surface area contributed by atoms with Crippen LogP contribution in [0.5, 0.6) is 0 Å². The van der Waals surface area contributed by atoms with Gasteiger partial charge in [0.1, 0.15) is 0 Å². The van der Waals surface area contributed by atoms with Crippen molar-refractivity contribution in [3.05, 3.63) is 12.2 Å². The molecule has 0 amide bonds. The van der Waals surface area contributed by atoms with Crippen LogP contribution >= 0.6 is 0 Å². The quantitative estimate of drug-likeness (QED) is 0.490. The maximum atomic E-state index is 3.94. The van der Waals surface area contributed by atoms with Gasteiger partial charge in [-0.15, -0.1) is 0 Å². The molecular formula is C15H32N2. The Kier molecular flexibility index (Phi) is 8.53. The average Bonchev–Trinajstić information content (AvgIpc) is 2.13. The van der Waals surface area contributed by atoms with Crippen molar-refractivity contribution in [1.82, 2.24) is 10.2 Å². The highest BCUT2D eigenvalue weighted by Gasteiger charge is 2.06. The number of hydrogen-bond donors (Lipinski definition) is 1. The van der Waals surface area contributed by atoms with Gasteiger partial charge in [0.15, 0.2) is 0 Å². The van der Waals surface area contributed by atoms with E-state index in [1.54, 1.807) is 0 Å². The summed E-state index contributed by atoms with van der Waals surface area (Å²) in [4.78, 5) is 2.36. The normalized spacial score (nSPS) is 12.1. The highest BCUT2D eigenvalue weighted by atomic mass is 15.1. The van der Waals surface area contributed by atoms with Gasteiger partial charge >= 0.3 is 0 Å². The van der Waals surface area contributed by atoms with Gasteiger partial charge in [-0.05, 0) is 60.7 Å². The second-order valence-electron chi connectivity index (χ2n) is 6.29. The molecule has 0 heterocycles. The highest BCUT2D eigenvalue weighted by Crippen LogP contribution is 2.04. The molecule has 0 aliphatic heterocycles. The van der Waals surface area contributed by atoms with E-state index in [1.807, 2.05) is 0 Å². The van der Waals surface area contributed by atoms with Gasteiger partial charge in [-0.2, -0.15) is 0 Å². The van der Waals surface area contributed by atoms with E-state index in [2.05, 4.69) is 51.5 Å². The van der Waals surface area contributed by atoms with Gasteiger partial charge in [0, 0.05) is 12.1 Å². The van der Waals surface area contributed by atoms with Gasteiger partial charge in [0.25, 0.3) is 0 Å². The summed E-state index contributed by atoms with van der Waals surface area (Å²) in [6, 6.07) is 0. The molecule has 1 N–H and O–H groups in total. The number of unbranched alkanes of at least 4 members (excludes halogenated alkanes) is 3. The zero-order chi connectivity index (χ0) is 13.3. The van der Waals surface area contributed by atoms with E-state index in [0.717, 1.165) is 13.1 Å². The van der Waals surface area contributed by atoms with Gasteiger partial charge in [-0.1, -0.05) is 25.0 Å². The molecule has 0 saturated carbocycles. The molecule has 17 heavy (non-hydrogen) atoms. The van der Waals surface area contributed by atoms with Crippen LogP contribution in [0.15, 0.2) is 12.2 Å². The third-order valence-electron chi connectivity index (χ3n) is 2.66. The lowest BCUT2D eigenvalue weighted by Crippen LogP contribution is -2.36. The Bertz CT molecular complexity index is 203. The van der Waals surface area contributed by atoms with Gasteiger partial charge in [0.2, 0.25) is 0 Å². The summed E-state index contributed by atoms with van der Waals surface area (Å²) in [7, 11) is 2.18. The summed E-state index contributed by atoms with van der Waals surface area (Å²) in [6.07, 6.45) is 5.27. The fourth-order valence-corrected chi connectivity index (χ4v) is 1.86. The van der Waals surface area contributed by atoms with Crippen LogP contribution in [0, 0.1) is 0 Å². The van der Waals surface area contributed by atoms with Crippen LogP contribution in [-0.4, -0.2) is 37.1 Å². The maximum Gasteiger partial charge on any atom is 0.0184 e. The molecule has 0 rings (SSSR count). The lowest BCUT2D eigenvalue weighted by atomic mass is 10.1. The summed E-state index contributed by atoms with van der Waals surface area (Å²) in [5.41, 5.74) is 1.52. The van der Waals surface area contributed by atoms with Crippen molar-refractivity contribution in [2.24, 2.45) is 0 Å². The second-order valence-corrected chi connectivity index (χ2v) is 6.29. The molecule has 0 aliphatic rings. The smallest absolute Gasteiger partial charge is 0.0184 e. The topological polar surface area (TPSA) is 15.3 Å². The third kappa shape index (κ3) is 13.6. The third-order valence-corrected chi connectivity index (χ3v) is 2.66. The second kappa shape index (κ2) is 8.71. The summed E-state index contributed by atoms with van der Waals surface area (Å²) in [5, 5.41) is 3.53. The van der Waals surface area contributed by atoms with Crippen LogP contribution in [0.4, 0.5) is 0 Å². The molecule has 102 valence electrons. The fraction of sp³-hybridized carbons (Fsp3) is 0.867. The number of rotatable bonds is 9. The van der Waals surface area contributed by atoms with E-state index in [9.17, 15) is 0 Å². The van der Waals surface area contributed by atoms with Crippen molar-refractivity contribution in [2.75, 3.05) is 26.7 Å². The van der Waals surface area contributed by atoms with Crippen LogP contribution in [0.1, 0.15) is 53.4 Å². The van der Waals surface area contributed by atoms with Crippen LogP contribution in [0.3, 0.4) is 0 Å².